The summed E-state index contributed by atoms with van der Waals surface area (Å²) in [7, 11) is 0. The number of fused-ring (bicyclic) bond motifs is 1. The average molecular weight is 630 g/mol. The van der Waals surface area contributed by atoms with Crippen LogP contribution in [0.2, 0.25) is 0 Å². The molecule has 0 bridgehead atoms. The molecular formula is C35H39N3O4S2. The number of carbonyl (C=O) groups excluding carboxylic acids is 2. The number of para-hydroxylation sites is 2. The number of carbonyl (C=O) groups is 2. The Morgan fingerprint density at radius 3 is 2.55 bits per heavy atom. The Morgan fingerprint density at radius 2 is 1.80 bits per heavy atom. The summed E-state index contributed by atoms with van der Waals surface area (Å²) in [4.78, 5) is 31.1. The number of amides is 1. The number of anilines is 2. The molecule has 3 aromatic carbocycles. The number of rotatable bonds is 10. The van der Waals surface area contributed by atoms with Crippen LogP contribution in [0.3, 0.4) is 0 Å². The van der Waals surface area contributed by atoms with Gasteiger partial charge in [-0.2, -0.15) is 0 Å². The lowest BCUT2D eigenvalue weighted by atomic mass is 10.1. The zero-order valence-electron chi connectivity index (χ0n) is 25.4. The number of piperazine rings is 1. The van der Waals surface area contributed by atoms with Crippen molar-refractivity contribution in [3.8, 4) is 0 Å². The highest BCUT2D eigenvalue weighted by molar-refractivity contribution is 8.01. The number of benzene rings is 3. The maximum atomic E-state index is 13.1. The Hall–Kier alpha value is -3.56. The molecular weight excluding hydrogens is 591 g/mol. The SMILES string of the molecule is CCOC(=O)c1oc2ccc(SN(CCc3ccccc3)c3ccccc3N3CCN(C(=O)C4CCCS4)CC3)cc2c1C. The van der Waals surface area contributed by atoms with Gasteiger partial charge in [-0.15, -0.1) is 11.8 Å². The first kappa shape index (κ1) is 30.5. The van der Waals surface area contributed by atoms with Crippen LogP contribution in [-0.4, -0.2) is 67.1 Å². The van der Waals surface area contributed by atoms with E-state index < -0.39 is 5.97 Å². The quantitative estimate of drug-likeness (QED) is 0.135. The highest BCUT2D eigenvalue weighted by atomic mass is 32.2. The first-order valence-corrected chi connectivity index (χ1v) is 17.3. The third-order valence-electron chi connectivity index (χ3n) is 8.32. The molecule has 9 heteroatoms. The highest BCUT2D eigenvalue weighted by Gasteiger charge is 2.31. The molecule has 1 aromatic heterocycles. The summed E-state index contributed by atoms with van der Waals surface area (Å²) in [6.45, 7) is 7.94. The first-order valence-electron chi connectivity index (χ1n) is 15.5. The van der Waals surface area contributed by atoms with Crippen molar-refractivity contribution in [2.45, 2.75) is 43.3 Å². The number of esters is 1. The Morgan fingerprint density at radius 1 is 1.02 bits per heavy atom. The summed E-state index contributed by atoms with van der Waals surface area (Å²) in [5, 5.41) is 1.05. The third kappa shape index (κ3) is 6.74. The highest BCUT2D eigenvalue weighted by Crippen LogP contribution is 2.39. The van der Waals surface area contributed by atoms with E-state index in [2.05, 4.69) is 74.8 Å². The fraction of sp³-hybridized carbons (Fsp3) is 0.371. The van der Waals surface area contributed by atoms with Gasteiger partial charge in [-0.25, -0.2) is 4.79 Å². The molecule has 0 aliphatic carbocycles. The molecule has 4 aromatic rings. The zero-order chi connectivity index (χ0) is 30.5. The molecule has 0 spiro atoms. The molecule has 0 N–H and O–H groups in total. The molecule has 3 heterocycles. The molecule has 2 aliphatic rings. The van der Waals surface area contributed by atoms with Gasteiger partial charge in [0.2, 0.25) is 11.7 Å². The number of aryl methyl sites for hydroxylation is 1. The Balaban J connectivity index is 1.25. The van der Waals surface area contributed by atoms with Crippen LogP contribution in [0, 0.1) is 6.92 Å². The topological polar surface area (TPSA) is 66.2 Å². The van der Waals surface area contributed by atoms with Gasteiger partial charge in [0, 0.05) is 48.6 Å². The molecule has 6 rings (SSSR count). The van der Waals surface area contributed by atoms with E-state index in [1.807, 2.05) is 30.8 Å². The van der Waals surface area contributed by atoms with Crippen LogP contribution in [0.1, 0.15) is 41.4 Å². The fourth-order valence-electron chi connectivity index (χ4n) is 5.95. The number of nitrogens with zero attached hydrogens (tertiary/aromatic N) is 3. The number of furan rings is 1. The lowest BCUT2D eigenvalue weighted by molar-refractivity contribution is -0.130. The first-order chi connectivity index (χ1) is 21.5. The van der Waals surface area contributed by atoms with Gasteiger partial charge in [-0.1, -0.05) is 42.5 Å². The van der Waals surface area contributed by atoms with Crippen molar-refractivity contribution >= 4 is 57.9 Å². The van der Waals surface area contributed by atoms with Gasteiger partial charge in [0.15, 0.2) is 0 Å². The zero-order valence-corrected chi connectivity index (χ0v) is 27.0. The summed E-state index contributed by atoms with van der Waals surface area (Å²) in [6, 6.07) is 25.2. The van der Waals surface area contributed by atoms with Gasteiger partial charge in [0.25, 0.3) is 0 Å². The molecule has 0 saturated carbocycles. The molecule has 2 saturated heterocycles. The second-order valence-corrected chi connectivity index (χ2v) is 13.6. The minimum atomic E-state index is -0.433. The lowest BCUT2D eigenvalue weighted by Gasteiger charge is -2.39. The van der Waals surface area contributed by atoms with E-state index in [1.165, 1.54) is 11.3 Å². The van der Waals surface area contributed by atoms with E-state index in [0.29, 0.717) is 18.1 Å². The molecule has 7 nitrogen and oxygen atoms in total. The van der Waals surface area contributed by atoms with Crippen molar-refractivity contribution in [1.29, 1.82) is 0 Å². The van der Waals surface area contributed by atoms with E-state index in [9.17, 15) is 9.59 Å². The van der Waals surface area contributed by atoms with Crippen molar-refractivity contribution in [3.05, 3.63) is 89.7 Å². The second-order valence-electron chi connectivity index (χ2n) is 11.2. The summed E-state index contributed by atoms with van der Waals surface area (Å²) < 4.78 is 13.5. The van der Waals surface area contributed by atoms with Crippen LogP contribution in [0.15, 0.2) is 82.1 Å². The monoisotopic (exact) mass is 629 g/mol. The molecule has 44 heavy (non-hydrogen) atoms. The van der Waals surface area contributed by atoms with Crippen LogP contribution in [0.25, 0.3) is 11.0 Å². The van der Waals surface area contributed by atoms with Crippen molar-refractivity contribution < 1.29 is 18.7 Å². The van der Waals surface area contributed by atoms with Crippen molar-refractivity contribution in [3.63, 3.8) is 0 Å². The van der Waals surface area contributed by atoms with Crippen LogP contribution < -0.4 is 9.21 Å². The minimum absolute atomic E-state index is 0.142. The standard InChI is InChI=1S/C35H39N3O4S2/c1-3-41-35(40)33-25(2)28-24-27(15-16-31(28)42-33)44-38(18-17-26-10-5-4-6-11-26)30-13-8-7-12-29(30)36-19-21-37(22-20-36)34(39)32-14-9-23-43-32/h4-8,10-13,15-16,24,32H,3,9,14,17-23H2,1-2H3. The minimum Gasteiger partial charge on any atom is -0.460 e. The van der Waals surface area contributed by atoms with Crippen LogP contribution in [0.4, 0.5) is 11.4 Å². The number of hydrogen-bond donors (Lipinski definition) is 0. The van der Waals surface area contributed by atoms with E-state index in [1.54, 1.807) is 18.9 Å². The molecule has 0 radical (unpaired) electrons. The second kappa shape index (κ2) is 14.0. The molecule has 1 atom stereocenters. The predicted octanol–water partition coefficient (Wildman–Crippen LogP) is 7.22. The molecule has 1 amide bonds. The Bertz CT molecular complexity index is 1590. The summed E-state index contributed by atoms with van der Waals surface area (Å²) >= 11 is 3.51. The molecule has 1 unspecified atom stereocenters. The number of ether oxygens (including phenoxy) is 1. The van der Waals surface area contributed by atoms with Gasteiger partial charge < -0.3 is 23.3 Å². The molecule has 230 valence electrons. The molecule has 2 fully saturated rings. The van der Waals surface area contributed by atoms with Gasteiger partial charge in [0.05, 0.1) is 23.2 Å². The number of hydrogen-bond acceptors (Lipinski definition) is 8. The van der Waals surface area contributed by atoms with Crippen molar-refractivity contribution in [1.82, 2.24) is 4.90 Å². The van der Waals surface area contributed by atoms with Crippen molar-refractivity contribution in [2.75, 3.05) is 54.3 Å². The maximum Gasteiger partial charge on any atom is 0.374 e. The Kier molecular flexibility index (Phi) is 9.72. The predicted molar refractivity (Wildman–Crippen MR) is 181 cm³/mol. The smallest absolute Gasteiger partial charge is 0.374 e. The van der Waals surface area contributed by atoms with Gasteiger partial charge >= 0.3 is 5.97 Å². The summed E-state index contributed by atoms with van der Waals surface area (Å²) in [5.74, 6) is 1.24. The summed E-state index contributed by atoms with van der Waals surface area (Å²) in [5.41, 5.74) is 5.08. The van der Waals surface area contributed by atoms with E-state index in [0.717, 1.165) is 79.3 Å². The van der Waals surface area contributed by atoms with E-state index in [-0.39, 0.29) is 11.0 Å². The van der Waals surface area contributed by atoms with Crippen LogP contribution in [0.5, 0.6) is 0 Å². The molecule has 2 aliphatic heterocycles. The Labute approximate surface area is 268 Å². The lowest BCUT2D eigenvalue weighted by Crippen LogP contribution is -2.51. The largest absolute Gasteiger partial charge is 0.460 e. The van der Waals surface area contributed by atoms with E-state index in [4.69, 9.17) is 9.15 Å². The number of thioether (sulfide) groups is 1. The van der Waals surface area contributed by atoms with Crippen molar-refractivity contribution in [2.24, 2.45) is 0 Å². The van der Waals surface area contributed by atoms with Gasteiger partial charge in [-0.05, 0) is 86.7 Å². The van der Waals surface area contributed by atoms with Gasteiger partial charge in [0.1, 0.15) is 5.58 Å². The summed E-state index contributed by atoms with van der Waals surface area (Å²) in [6.07, 6.45) is 3.04. The van der Waals surface area contributed by atoms with Crippen LogP contribution in [-0.2, 0) is 16.0 Å². The third-order valence-corrected chi connectivity index (χ3v) is 10.7. The average Bonchev–Trinajstić information content (AvgIpc) is 3.72. The maximum absolute atomic E-state index is 13.1. The van der Waals surface area contributed by atoms with E-state index >= 15 is 0 Å². The van der Waals surface area contributed by atoms with Gasteiger partial charge in [-0.3, -0.25) is 4.79 Å². The fourth-order valence-corrected chi connectivity index (χ4v) is 8.18. The van der Waals surface area contributed by atoms with Crippen LogP contribution >= 0.6 is 23.7 Å². The normalized spacial score (nSPS) is 16.8.